The third-order valence-electron chi connectivity index (χ3n) is 6.59. The average molecular weight is 476 g/mol. The summed E-state index contributed by atoms with van der Waals surface area (Å²) in [6.07, 6.45) is 0.321. The Hall–Kier alpha value is -3.16. The molecule has 34 heavy (non-hydrogen) atoms. The van der Waals surface area contributed by atoms with E-state index in [0.29, 0.717) is 11.3 Å². The number of nitrogen functional groups attached to an aromatic ring is 1. The molecule has 2 aromatic rings. The van der Waals surface area contributed by atoms with Crippen molar-refractivity contribution in [2.45, 2.75) is 45.7 Å². The van der Waals surface area contributed by atoms with E-state index >= 15 is 0 Å². The zero-order valence-electron chi connectivity index (χ0n) is 19.3. The van der Waals surface area contributed by atoms with E-state index in [1.165, 1.54) is 18.2 Å². The maximum Gasteiger partial charge on any atom is 0.416 e. The van der Waals surface area contributed by atoms with Crippen LogP contribution in [0.2, 0.25) is 0 Å². The van der Waals surface area contributed by atoms with Gasteiger partial charge in [-0.2, -0.15) is 13.2 Å². The van der Waals surface area contributed by atoms with Crippen LogP contribution < -0.4 is 11.1 Å². The number of rotatable bonds is 6. The number of amides is 1. The van der Waals surface area contributed by atoms with Crippen molar-refractivity contribution < 1.29 is 22.4 Å². The molecule has 4 nitrogen and oxygen atoms in total. The number of hydrogen-bond acceptors (Lipinski definition) is 3. The number of carbonyl (C=O) groups excluding carboxylic acids is 1. The van der Waals surface area contributed by atoms with Crippen molar-refractivity contribution >= 4 is 34.8 Å². The molecule has 1 amide bonds. The van der Waals surface area contributed by atoms with Crippen molar-refractivity contribution in [2.24, 2.45) is 22.7 Å². The first-order chi connectivity index (χ1) is 16.0. The number of aliphatic imine (C=N–C) groups is 1. The van der Waals surface area contributed by atoms with Crippen molar-refractivity contribution in [1.82, 2.24) is 0 Å². The number of alkyl halides is 3. The first kappa shape index (κ1) is 25.5. The number of hydrogen-bond donors (Lipinski definition) is 2. The molecule has 3 N–H and O–H groups in total. The van der Waals surface area contributed by atoms with Crippen LogP contribution in [0.5, 0.6) is 0 Å². The molecule has 1 aliphatic carbocycles. The average Bonchev–Trinajstić information content (AvgIpc) is 2.80. The van der Waals surface area contributed by atoms with Gasteiger partial charge in [0.05, 0.1) is 22.6 Å². The molecular formula is C26H29F4N3O. The van der Waals surface area contributed by atoms with Crippen LogP contribution in [-0.4, -0.2) is 12.1 Å². The lowest BCUT2D eigenvalue weighted by Gasteiger charge is -2.33. The van der Waals surface area contributed by atoms with Gasteiger partial charge in [-0.05, 0) is 86.4 Å². The largest absolute Gasteiger partial charge is 0.416 e. The maximum atomic E-state index is 13.9. The highest BCUT2D eigenvalue weighted by Gasteiger charge is 2.32. The Kier molecular flexibility index (Phi) is 7.79. The van der Waals surface area contributed by atoms with Crippen LogP contribution in [0.4, 0.5) is 34.6 Å². The van der Waals surface area contributed by atoms with E-state index in [1.54, 1.807) is 19.2 Å². The molecule has 1 aliphatic rings. The summed E-state index contributed by atoms with van der Waals surface area (Å²) in [4.78, 5) is 17.1. The van der Waals surface area contributed by atoms with E-state index in [0.717, 1.165) is 43.4 Å². The monoisotopic (exact) mass is 475 g/mol. The first-order valence-corrected chi connectivity index (χ1v) is 11.3. The Labute approximate surface area is 197 Å². The minimum Gasteiger partial charge on any atom is -0.397 e. The highest BCUT2D eigenvalue weighted by Crippen LogP contribution is 2.42. The Morgan fingerprint density at radius 3 is 2.44 bits per heavy atom. The van der Waals surface area contributed by atoms with Crippen LogP contribution in [0, 0.1) is 23.6 Å². The molecule has 0 saturated heterocycles. The number of halogens is 4. The summed E-state index contributed by atoms with van der Waals surface area (Å²) in [5.41, 5.74) is 7.13. The SMILES string of the molecule is C=C(c1cc(F)ccc1/N=C\C)[C@H]1CC[C@@H]([C@@H](C)C(=O)Nc2ccc(C(F)(F)F)cc2N)CC1. The van der Waals surface area contributed by atoms with Crippen LogP contribution >= 0.6 is 0 Å². The second-order valence-electron chi connectivity index (χ2n) is 8.76. The Bertz CT molecular complexity index is 1090. The molecule has 0 aliphatic heterocycles. The van der Waals surface area contributed by atoms with E-state index in [4.69, 9.17) is 5.73 Å². The number of anilines is 2. The molecule has 1 saturated carbocycles. The lowest BCUT2D eigenvalue weighted by molar-refractivity contribution is -0.137. The first-order valence-electron chi connectivity index (χ1n) is 11.3. The Balaban J connectivity index is 1.61. The zero-order chi connectivity index (χ0) is 25.0. The molecule has 0 bridgehead atoms. The second kappa shape index (κ2) is 10.4. The molecule has 0 heterocycles. The van der Waals surface area contributed by atoms with E-state index in [2.05, 4.69) is 16.9 Å². The van der Waals surface area contributed by atoms with Crippen LogP contribution in [0.1, 0.15) is 50.7 Å². The van der Waals surface area contributed by atoms with Crippen molar-refractivity contribution in [1.29, 1.82) is 0 Å². The number of benzene rings is 2. The van der Waals surface area contributed by atoms with Crippen molar-refractivity contribution in [2.75, 3.05) is 11.1 Å². The Morgan fingerprint density at radius 2 is 1.85 bits per heavy atom. The predicted octanol–water partition coefficient (Wildman–Crippen LogP) is 7.24. The van der Waals surface area contributed by atoms with Gasteiger partial charge in [0.15, 0.2) is 0 Å². The fraction of sp³-hybridized carbons (Fsp3) is 0.385. The van der Waals surface area contributed by atoms with Gasteiger partial charge >= 0.3 is 6.18 Å². The maximum absolute atomic E-state index is 13.9. The fourth-order valence-electron chi connectivity index (χ4n) is 4.52. The van der Waals surface area contributed by atoms with Gasteiger partial charge in [0, 0.05) is 17.7 Å². The molecule has 8 heteroatoms. The highest BCUT2D eigenvalue weighted by molar-refractivity contribution is 5.95. The summed E-state index contributed by atoms with van der Waals surface area (Å²) in [6, 6.07) is 7.37. The van der Waals surface area contributed by atoms with Crippen LogP contribution in [0.3, 0.4) is 0 Å². The van der Waals surface area contributed by atoms with Crippen LogP contribution in [0.25, 0.3) is 5.57 Å². The summed E-state index contributed by atoms with van der Waals surface area (Å²) >= 11 is 0. The highest BCUT2D eigenvalue weighted by atomic mass is 19.4. The van der Waals surface area contributed by atoms with Gasteiger partial charge in [-0.25, -0.2) is 4.39 Å². The topological polar surface area (TPSA) is 67.5 Å². The van der Waals surface area contributed by atoms with Gasteiger partial charge in [-0.1, -0.05) is 13.5 Å². The normalized spacial score (nSPS) is 19.7. The van der Waals surface area contributed by atoms with Gasteiger partial charge < -0.3 is 11.1 Å². The third-order valence-corrected chi connectivity index (χ3v) is 6.59. The van der Waals surface area contributed by atoms with Gasteiger partial charge in [-0.15, -0.1) is 0 Å². The molecular weight excluding hydrogens is 446 g/mol. The summed E-state index contributed by atoms with van der Waals surface area (Å²) < 4.78 is 52.4. The number of nitrogens with zero attached hydrogens (tertiary/aromatic N) is 1. The van der Waals surface area contributed by atoms with Crippen LogP contribution in [0.15, 0.2) is 48.0 Å². The molecule has 182 valence electrons. The molecule has 3 rings (SSSR count). The van der Waals surface area contributed by atoms with Crippen molar-refractivity contribution in [3.63, 3.8) is 0 Å². The second-order valence-corrected chi connectivity index (χ2v) is 8.76. The smallest absolute Gasteiger partial charge is 0.397 e. The Morgan fingerprint density at radius 1 is 1.18 bits per heavy atom. The zero-order valence-corrected chi connectivity index (χ0v) is 19.3. The number of carbonyl (C=O) groups is 1. The predicted molar refractivity (Wildman–Crippen MR) is 128 cm³/mol. The number of nitrogens with one attached hydrogen (secondary N) is 1. The summed E-state index contributed by atoms with van der Waals surface area (Å²) in [5, 5.41) is 2.67. The van der Waals surface area contributed by atoms with Crippen LogP contribution in [-0.2, 0) is 11.0 Å². The number of nitrogens with two attached hydrogens (primary N) is 1. The molecule has 0 spiro atoms. The van der Waals surface area contributed by atoms with Gasteiger partial charge in [0.1, 0.15) is 5.82 Å². The number of allylic oxidation sites excluding steroid dienone is 1. The molecule has 1 fully saturated rings. The summed E-state index contributed by atoms with van der Waals surface area (Å²) in [6.45, 7) is 7.83. The van der Waals surface area contributed by atoms with Crippen molar-refractivity contribution in [3.05, 3.63) is 59.9 Å². The molecule has 2 aromatic carbocycles. The molecule has 0 aromatic heterocycles. The minimum absolute atomic E-state index is 0.111. The van der Waals surface area contributed by atoms with Crippen molar-refractivity contribution in [3.8, 4) is 0 Å². The van der Waals surface area contributed by atoms with E-state index in [1.807, 2.05) is 6.92 Å². The van der Waals surface area contributed by atoms with E-state index < -0.39 is 11.7 Å². The third kappa shape index (κ3) is 5.85. The quantitative estimate of drug-likeness (QED) is 0.263. The summed E-state index contributed by atoms with van der Waals surface area (Å²) in [5.74, 6) is -0.693. The lowest BCUT2D eigenvalue weighted by Crippen LogP contribution is -2.30. The molecule has 0 unspecified atom stereocenters. The van der Waals surface area contributed by atoms with E-state index in [-0.39, 0.29) is 40.9 Å². The molecule has 0 radical (unpaired) electrons. The summed E-state index contributed by atoms with van der Waals surface area (Å²) in [7, 11) is 0. The van der Waals surface area contributed by atoms with Gasteiger partial charge in [-0.3, -0.25) is 9.79 Å². The van der Waals surface area contributed by atoms with Gasteiger partial charge in [0.2, 0.25) is 5.91 Å². The van der Waals surface area contributed by atoms with Gasteiger partial charge in [0.25, 0.3) is 0 Å². The minimum atomic E-state index is -4.50. The molecule has 1 atom stereocenters. The standard InChI is InChI=1S/C26H29F4N3O/c1-4-32-23-12-10-20(27)14-21(23)15(2)17-5-7-18(8-6-17)16(3)25(34)33-24-11-9-19(13-22(24)31)26(28,29)30/h4,9-14,16-18H,2,5-8,31H2,1,3H3,(H,33,34)/b32-4-/t16-,17-,18+/m1/s1. The lowest BCUT2D eigenvalue weighted by atomic mass is 9.73. The van der Waals surface area contributed by atoms with E-state index in [9.17, 15) is 22.4 Å². The fourth-order valence-corrected chi connectivity index (χ4v) is 4.52.